The zero-order chi connectivity index (χ0) is 27.8. The highest BCUT2D eigenvalue weighted by Gasteiger charge is 2.27. The predicted molar refractivity (Wildman–Crippen MR) is 141 cm³/mol. The maximum atomic E-state index is 12.1. The van der Waals surface area contributed by atoms with Gasteiger partial charge in [-0.05, 0) is 12.8 Å². The van der Waals surface area contributed by atoms with Crippen LogP contribution in [0.15, 0.2) is 0 Å². The van der Waals surface area contributed by atoms with E-state index in [0.29, 0.717) is 12.8 Å². The maximum Gasteiger partial charge on any atom is 0.472 e. The summed E-state index contributed by atoms with van der Waals surface area (Å²) in [5, 5.41) is 18.8. The van der Waals surface area contributed by atoms with E-state index in [1.165, 1.54) is 32.1 Å². The molecule has 0 saturated carbocycles. The van der Waals surface area contributed by atoms with Gasteiger partial charge in [0, 0.05) is 12.8 Å². The fraction of sp³-hybridized carbons (Fsp3) is 0.923. The largest absolute Gasteiger partial charge is 0.472 e. The lowest BCUT2D eigenvalue weighted by molar-refractivity contribution is -0.153. The number of esters is 2. The van der Waals surface area contributed by atoms with E-state index in [2.05, 4.69) is 13.8 Å². The molecule has 0 spiro atoms. The van der Waals surface area contributed by atoms with Crippen LogP contribution in [0.1, 0.15) is 117 Å². The molecule has 0 aliphatic rings. The minimum atomic E-state index is -4.60. The molecule has 0 aromatic heterocycles. The van der Waals surface area contributed by atoms with Gasteiger partial charge < -0.3 is 24.6 Å². The van der Waals surface area contributed by atoms with Crippen molar-refractivity contribution >= 4 is 19.8 Å². The van der Waals surface area contributed by atoms with Crippen molar-refractivity contribution in [1.29, 1.82) is 0 Å². The highest BCUT2D eigenvalue weighted by atomic mass is 31.2. The van der Waals surface area contributed by atoms with Gasteiger partial charge in [-0.15, -0.1) is 0 Å². The molecule has 0 fully saturated rings. The number of hydrogen-bond acceptors (Lipinski definition) is 9. The lowest BCUT2D eigenvalue weighted by Gasteiger charge is -2.20. The van der Waals surface area contributed by atoms with Crippen LogP contribution >= 0.6 is 7.82 Å². The molecule has 10 nitrogen and oxygen atoms in total. The van der Waals surface area contributed by atoms with E-state index in [1.807, 2.05) is 0 Å². The van der Waals surface area contributed by atoms with Gasteiger partial charge >= 0.3 is 19.8 Å². The van der Waals surface area contributed by atoms with Crippen LogP contribution in [0.4, 0.5) is 0 Å². The Bertz CT molecular complexity index is 616. The van der Waals surface area contributed by atoms with E-state index in [1.54, 1.807) is 0 Å². The number of aliphatic hydroxyl groups is 2. The summed E-state index contributed by atoms with van der Waals surface area (Å²) in [4.78, 5) is 33.7. The predicted octanol–water partition coefficient (Wildman–Crippen LogP) is 5.21. The maximum absolute atomic E-state index is 12.1. The second-order valence-electron chi connectivity index (χ2n) is 9.39. The number of hydrogen-bond donors (Lipinski definition) is 3. The SMILES string of the molecule is CCCCCCCCCCCC(=O)OC(CO)COP(=O)(O)OCC(CO)OC(=O)CCCCCCC. The summed E-state index contributed by atoms with van der Waals surface area (Å²) in [5.41, 5.74) is 0. The van der Waals surface area contributed by atoms with Gasteiger partial charge in [0.05, 0.1) is 26.4 Å². The molecule has 37 heavy (non-hydrogen) atoms. The van der Waals surface area contributed by atoms with E-state index in [0.717, 1.165) is 44.9 Å². The quantitative estimate of drug-likeness (QED) is 0.0739. The Kier molecular flexibility index (Phi) is 23.4. The van der Waals surface area contributed by atoms with Gasteiger partial charge in [-0.1, -0.05) is 90.9 Å². The fourth-order valence-corrected chi connectivity index (χ4v) is 4.37. The van der Waals surface area contributed by atoms with Crippen molar-refractivity contribution in [3.05, 3.63) is 0 Å². The Morgan fingerprint density at radius 1 is 0.622 bits per heavy atom. The molecule has 0 rings (SSSR count). The molecule has 0 aliphatic carbocycles. The van der Waals surface area contributed by atoms with Crippen LogP contribution in [-0.2, 0) is 32.7 Å². The van der Waals surface area contributed by atoms with E-state index >= 15 is 0 Å². The van der Waals surface area contributed by atoms with Crippen LogP contribution in [-0.4, -0.2) is 65.7 Å². The Morgan fingerprint density at radius 2 is 0.946 bits per heavy atom. The molecular weight excluding hydrogens is 503 g/mol. The normalized spacial score (nSPS) is 14.6. The topological polar surface area (TPSA) is 149 Å². The molecule has 3 atom stereocenters. The van der Waals surface area contributed by atoms with E-state index in [9.17, 15) is 29.3 Å². The summed E-state index contributed by atoms with van der Waals surface area (Å²) in [5.74, 6) is -1.03. The molecule has 3 unspecified atom stereocenters. The van der Waals surface area contributed by atoms with Crippen molar-refractivity contribution in [2.24, 2.45) is 0 Å². The molecular formula is C26H51O10P. The third-order valence-corrected chi connectivity index (χ3v) is 6.77. The highest BCUT2D eigenvalue weighted by Crippen LogP contribution is 2.43. The Labute approximate surface area is 223 Å². The van der Waals surface area contributed by atoms with Crippen molar-refractivity contribution in [1.82, 2.24) is 0 Å². The zero-order valence-corrected chi connectivity index (χ0v) is 23.8. The average Bonchev–Trinajstić information content (AvgIpc) is 2.87. The van der Waals surface area contributed by atoms with E-state index < -0.39 is 58.4 Å². The summed E-state index contributed by atoms with van der Waals surface area (Å²) in [6.07, 6.45) is 13.0. The lowest BCUT2D eigenvalue weighted by atomic mass is 10.1. The van der Waals surface area contributed by atoms with Crippen molar-refractivity contribution in [2.45, 2.75) is 129 Å². The van der Waals surface area contributed by atoms with E-state index in [4.69, 9.17) is 18.5 Å². The average molecular weight is 555 g/mol. The van der Waals surface area contributed by atoms with Crippen LogP contribution in [0.3, 0.4) is 0 Å². The molecule has 0 aliphatic heterocycles. The van der Waals surface area contributed by atoms with Crippen molar-refractivity contribution in [3.63, 3.8) is 0 Å². The van der Waals surface area contributed by atoms with Gasteiger partial charge in [0.2, 0.25) is 0 Å². The molecule has 0 saturated heterocycles. The van der Waals surface area contributed by atoms with E-state index in [-0.39, 0.29) is 12.8 Å². The van der Waals surface area contributed by atoms with Crippen LogP contribution in [0, 0.1) is 0 Å². The van der Waals surface area contributed by atoms with Gasteiger partial charge in [-0.25, -0.2) is 4.57 Å². The molecule has 220 valence electrons. The molecule has 0 radical (unpaired) electrons. The van der Waals surface area contributed by atoms with Crippen LogP contribution in [0.5, 0.6) is 0 Å². The van der Waals surface area contributed by atoms with Gasteiger partial charge in [0.1, 0.15) is 12.2 Å². The third kappa shape index (κ3) is 22.6. The summed E-state index contributed by atoms with van der Waals surface area (Å²) in [6, 6.07) is 0. The third-order valence-electron chi connectivity index (χ3n) is 5.82. The van der Waals surface area contributed by atoms with Gasteiger partial charge in [0.25, 0.3) is 0 Å². The minimum absolute atomic E-state index is 0.191. The summed E-state index contributed by atoms with van der Waals surface area (Å²) >= 11 is 0. The fourth-order valence-electron chi connectivity index (χ4n) is 3.58. The number of rotatable bonds is 26. The van der Waals surface area contributed by atoms with Crippen molar-refractivity contribution < 1.29 is 47.8 Å². The highest BCUT2D eigenvalue weighted by molar-refractivity contribution is 7.47. The Balaban J connectivity index is 4.13. The second kappa shape index (κ2) is 24.0. The number of unbranched alkanes of at least 4 members (excludes halogenated alkanes) is 12. The molecule has 0 aromatic carbocycles. The Hall–Kier alpha value is -1.03. The second-order valence-corrected chi connectivity index (χ2v) is 10.8. The minimum Gasteiger partial charge on any atom is -0.457 e. The number of phosphoric acid groups is 1. The molecule has 0 aromatic rings. The molecule has 0 amide bonds. The first-order chi connectivity index (χ1) is 17.8. The first-order valence-electron chi connectivity index (χ1n) is 14.0. The van der Waals surface area contributed by atoms with Gasteiger partial charge in [-0.3, -0.25) is 18.6 Å². The molecule has 3 N–H and O–H groups in total. The number of carbonyl (C=O) groups excluding carboxylic acids is 2. The first-order valence-corrected chi connectivity index (χ1v) is 15.5. The Morgan fingerprint density at radius 3 is 1.27 bits per heavy atom. The molecule has 0 bridgehead atoms. The summed E-state index contributed by atoms with van der Waals surface area (Å²) in [7, 11) is -4.60. The number of carbonyl (C=O) groups is 2. The monoisotopic (exact) mass is 554 g/mol. The number of phosphoric ester groups is 1. The summed E-state index contributed by atoms with van der Waals surface area (Å²) in [6.45, 7) is 2.02. The van der Waals surface area contributed by atoms with Gasteiger partial charge in [-0.2, -0.15) is 0 Å². The smallest absolute Gasteiger partial charge is 0.457 e. The summed E-state index contributed by atoms with van der Waals surface area (Å²) < 4.78 is 31.9. The van der Waals surface area contributed by atoms with Crippen molar-refractivity contribution in [3.8, 4) is 0 Å². The lowest BCUT2D eigenvalue weighted by Crippen LogP contribution is -2.28. The van der Waals surface area contributed by atoms with Crippen molar-refractivity contribution in [2.75, 3.05) is 26.4 Å². The molecule has 11 heteroatoms. The zero-order valence-electron chi connectivity index (χ0n) is 22.9. The van der Waals surface area contributed by atoms with Crippen LogP contribution < -0.4 is 0 Å². The molecule has 0 heterocycles. The van der Waals surface area contributed by atoms with Crippen LogP contribution in [0.2, 0.25) is 0 Å². The first kappa shape index (κ1) is 36.0. The standard InChI is InChI=1S/C26H51O10P/c1-3-5-7-9-10-11-12-14-16-18-26(30)36-24(20-28)22-34-37(31,32)33-21-23(19-27)35-25(29)17-15-13-8-6-4-2/h23-24,27-28H,3-22H2,1-2H3,(H,31,32). The van der Waals surface area contributed by atoms with Crippen LogP contribution in [0.25, 0.3) is 0 Å². The van der Waals surface area contributed by atoms with Gasteiger partial charge in [0.15, 0.2) is 0 Å². The number of ether oxygens (including phenoxy) is 2. The number of aliphatic hydroxyl groups excluding tert-OH is 2.